The van der Waals surface area contributed by atoms with Crippen LogP contribution in [0, 0.1) is 11.8 Å². The molecule has 0 aliphatic carbocycles. The molecule has 14 amide bonds. The van der Waals surface area contributed by atoms with Crippen molar-refractivity contribution in [3.63, 3.8) is 0 Å². The number of carbonyl (C=O) groups is 14. The average molecular weight is 1470 g/mol. The molecule has 11 atom stereocenters. The van der Waals surface area contributed by atoms with Gasteiger partial charge in [0.25, 0.3) is 0 Å². The van der Waals surface area contributed by atoms with Crippen LogP contribution in [-0.4, -0.2) is 214 Å². The molecule has 2 aromatic carbocycles. The van der Waals surface area contributed by atoms with E-state index in [1.165, 1.54) is 43.9 Å². The first kappa shape index (κ1) is 80.2. The number of nitrogens with zero attached hydrogens (tertiary/aromatic N) is 1. The van der Waals surface area contributed by atoms with Gasteiger partial charge in [0, 0.05) is 60.6 Å². The highest BCUT2D eigenvalue weighted by Crippen LogP contribution is 2.26. The molecule has 0 unspecified atom stereocenters. The Labute approximate surface area is 593 Å². The number of phenolic OH excluding ortho intramolecular Hbond substituents is 1. The third-order valence-corrected chi connectivity index (χ3v) is 20.7. The number of carbonyl (C=O) groups excluding carboxylic acids is 14. The minimum absolute atomic E-state index is 0.00275. The highest BCUT2D eigenvalue weighted by Gasteiger charge is 2.38. The van der Waals surface area contributed by atoms with Crippen molar-refractivity contribution in [2.45, 2.75) is 152 Å². The van der Waals surface area contributed by atoms with Gasteiger partial charge < -0.3 is 95.4 Å². The molecular weight excluding hydrogens is 1380 g/mol. The first-order chi connectivity index (χ1) is 47.7. The van der Waals surface area contributed by atoms with Crippen molar-refractivity contribution in [2.24, 2.45) is 23.3 Å². The molecule has 37 heteroatoms. The number of phenols is 1. The summed E-state index contributed by atoms with van der Waals surface area (Å²) in [4.78, 5) is 205. The number of aromatic hydroxyl groups is 1. The van der Waals surface area contributed by atoms with Gasteiger partial charge in [0.05, 0.1) is 26.5 Å². The maximum atomic E-state index is 15.1. The number of ether oxygens (including phenoxy) is 1. The average Bonchev–Trinajstić information content (AvgIpc) is 0.962. The van der Waals surface area contributed by atoms with Crippen LogP contribution in [-0.2, 0) is 86.4 Å². The Bertz CT molecular complexity index is 3360. The molecule has 19 N–H and O–H groups in total. The minimum atomic E-state index is -1.60. The van der Waals surface area contributed by atoms with E-state index in [0.29, 0.717) is 35.4 Å². The van der Waals surface area contributed by atoms with E-state index in [9.17, 15) is 67.4 Å². The fourth-order valence-electron chi connectivity index (χ4n) is 10.3. The molecule has 3 aliphatic heterocycles. The number of H-pyrrole nitrogens is 1. The normalized spacial score (nSPS) is 24.2. The Hall–Kier alpha value is -8.81. The molecule has 3 saturated heterocycles. The molecule has 2 bridgehead atoms. The van der Waals surface area contributed by atoms with E-state index in [-0.39, 0.29) is 92.1 Å². The summed E-state index contributed by atoms with van der Waals surface area (Å²) in [6, 6.07) is -3.41. The summed E-state index contributed by atoms with van der Waals surface area (Å²) < 4.78 is 5.33. The minimum Gasteiger partial charge on any atom is -0.508 e. The number of amides is 14. The lowest BCUT2D eigenvalue weighted by atomic mass is 10.0. The molecule has 1 aromatic heterocycles. The van der Waals surface area contributed by atoms with Gasteiger partial charge in [-0.25, -0.2) is 4.98 Å². The first-order valence-electron chi connectivity index (χ1n) is 32.4. The monoisotopic (exact) mass is 1470 g/mol. The molecular formula is C63H89N17O16S4. The maximum Gasteiger partial charge on any atom is 0.244 e. The molecule has 0 spiro atoms. The molecule has 546 valence electrons. The number of hydrogen-bond acceptors (Lipinski definition) is 22. The van der Waals surface area contributed by atoms with Crippen LogP contribution in [0.5, 0.6) is 11.5 Å². The zero-order chi connectivity index (χ0) is 73.0. The van der Waals surface area contributed by atoms with Gasteiger partial charge in [-0.1, -0.05) is 95.1 Å². The third kappa shape index (κ3) is 26.4. The third-order valence-electron chi connectivity index (χ3n) is 15.9. The van der Waals surface area contributed by atoms with Crippen LogP contribution in [0.2, 0.25) is 0 Å². The fourth-order valence-corrected chi connectivity index (χ4v) is 15.0. The zero-order valence-electron chi connectivity index (χ0n) is 55.9. The van der Waals surface area contributed by atoms with Crippen molar-refractivity contribution in [2.75, 3.05) is 49.8 Å². The summed E-state index contributed by atoms with van der Waals surface area (Å²) in [7, 11) is 5.15. The number of hydrogen-bond donors (Lipinski definition) is 17. The van der Waals surface area contributed by atoms with Crippen molar-refractivity contribution in [1.82, 2.24) is 79.1 Å². The highest BCUT2D eigenvalue weighted by atomic mass is 33.1. The highest BCUT2D eigenvalue weighted by molar-refractivity contribution is 8.77. The summed E-state index contributed by atoms with van der Waals surface area (Å²) in [5, 5.41) is 44.2. The van der Waals surface area contributed by atoms with E-state index in [1.807, 2.05) is 0 Å². The van der Waals surface area contributed by atoms with Crippen molar-refractivity contribution in [3.05, 3.63) is 77.9 Å². The van der Waals surface area contributed by atoms with Gasteiger partial charge in [-0.15, -0.1) is 0 Å². The number of aromatic nitrogens is 2. The Morgan fingerprint density at radius 3 is 1.78 bits per heavy atom. The molecule has 0 radical (unpaired) electrons. The van der Waals surface area contributed by atoms with Crippen LogP contribution in [0.1, 0.15) is 83.0 Å². The molecule has 0 saturated carbocycles. The number of primary amides is 1. The van der Waals surface area contributed by atoms with Crippen LogP contribution in [0.4, 0.5) is 0 Å². The molecule has 3 fully saturated rings. The number of nitrogens with one attached hydrogen (secondary N) is 14. The number of methoxy groups -OCH3 is 1. The maximum absolute atomic E-state index is 15.1. The standard InChI is InChI=1S/C63H89N17O16S4/c1-32(2)20-41-57(89)78-47-29-100-98-28-46(55(87)68-25-50(83)71-42(21-34-9-13-37(81)14-10-34)58(90)72-39(56(88)73-41)8-6-7-19-64)77-62(94)48(79-63(95)52(33(3)4)80-51(84)26-67-54(86)40-17-18-49(82)70-40)30-99-97-27-45(53(65)85)76-59(91)43(22-35-11-15-38(96-5)16-12-35)74-60(92)44(75-61(47)93)23-36-24-66-31-69-36/h9-16,24,31-33,39-48,52,81H,6-8,17-23,25-30,64H2,1-5H3,(H2,65,85)(H,66,69)(H,67,86)(H,68,87)(H,70,82)(H,71,83)(H,72,90)(H,73,88)(H,74,92)(H,75,93)(H,76,91)(H,77,94)(H,78,89)(H,79,95)(H,80,84)/t39-,40-,41-,42-,43-,44-,45-,46-,47-,48-,52-/m0/s1. The second-order valence-corrected chi connectivity index (χ2v) is 29.8. The Morgan fingerprint density at radius 1 is 0.620 bits per heavy atom. The quantitative estimate of drug-likeness (QED) is 0.0365. The zero-order valence-corrected chi connectivity index (χ0v) is 59.2. The van der Waals surface area contributed by atoms with E-state index in [0.717, 1.165) is 43.2 Å². The summed E-state index contributed by atoms with van der Waals surface area (Å²) in [6.07, 6.45) is 3.12. The molecule has 33 nitrogen and oxygen atoms in total. The number of aromatic amines is 1. The number of imidazole rings is 1. The Morgan fingerprint density at radius 2 is 1.18 bits per heavy atom. The van der Waals surface area contributed by atoms with Crippen molar-refractivity contribution in [1.29, 1.82) is 0 Å². The number of unbranched alkanes of at least 4 members (excludes halogenated alkanes) is 1. The number of rotatable bonds is 21. The van der Waals surface area contributed by atoms with Crippen LogP contribution in [0.25, 0.3) is 0 Å². The largest absolute Gasteiger partial charge is 0.508 e. The lowest BCUT2D eigenvalue weighted by Crippen LogP contribution is -2.61. The van der Waals surface area contributed by atoms with Gasteiger partial charge in [0.1, 0.15) is 78.0 Å². The Kier molecular flexibility index (Phi) is 32.4. The topological polar surface area (TPSA) is 506 Å². The second kappa shape index (κ2) is 40.4. The summed E-state index contributed by atoms with van der Waals surface area (Å²) in [5.74, 6) is -13.8. The molecule has 4 heterocycles. The van der Waals surface area contributed by atoms with Crippen LogP contribution < -0.4 is 85.3 Å². The summed E-state index contributed by atoms with van der Waals surface area (Å²) in [5.41, 5.74) is 13.1. The van der Waals surface area contributed by atoms with Crippen molar-refractivity contribution in [3.8, 4) is 11.5 Å². The van der Waals surface area contributed by atoms with Crippen LogP contribution in [0.3, 0.4) is 0 Å². The lowest BCUT2D eigenvalue weighted by Gasteiger charge is -2.29. The molecule has 3 aliphatic rings. The van der Waals surface area contributed by atoms with Gasteiger partial charge in [-0.3, -0.25) is 67.1 Å². The van der Waals surface area contributed by atoms with Gasteiger partial charge in [0.2, 0.25) is 82.7 Å². The summed E-state index contributed by atoms with van der Waals surface area (Å²) in [6.45, 7) is 5.56. The van der Waals surface area contributed by atoms with E-state index in [4.69, 9.17) is 16.2 Å². The first-order valence-corrected chi connectivity index (χ1v) is 37.4. The van der Waals surface area contributed by atoms with E-state index in [1.54, 1.807) is 52.0 Å². The number of fused-ring (bicyclic) bond motifs is 5. The predicted octanol–water partition coefficient (Wildman–Crippen LogP) is -3.38. The molecule has 6 rings (SSSR count). The van der Waals surface area contributed by atoms with E-state index in [2.05, 4.69) is 79.1 Å². The molecule has 3 aromatic rings. The van der Waals surface area contributed by atoms with Gasteiger partial charge in [-0.05, 0) is 85.9 Å². The predicted molar refractivity (Wildman–Crippen MR) is 374 cm³/mol. The van der Waals surface area contributed by atoms with Gasteiger partial charge in [0.15, 0.2) is 0 Å². The van der Waals surface area contributed by atoms with Crippen molar-refractivity contribution < 1.29 is 77.0 Å². The van der Waals surface area contributed by atoms with E-state index >= 15 is 4.79 Å². The Balaban J connectivity index is 1.43. The molecule has 100 heavy (non-hydrogen) atoms. The van der Waals surface area contributed by atoms with Crippen LogP contribution >= 0.6 is 43.2 Å². The van der Waals surface area contributed by atoms with Crippen LogP contribution in [0.15, 0.2) is 61.1 Å². The number of benzene rings is 2. The SMILES string of the molecule is COc1ccc(C[C@@H]2NC(=O)[C@H](Cc3cnc[nH]3)NC(=O)[C@@H]3CSSC[C@H](NC(=O)[C@@H](NC(=O)[C@@H](NC(=O)CNC(=O)[C@@H]4CCC(=O)N4)C(C)C)CSSC[C@@H](C(N)=O)NC2=O)C(=O)NCC(=O)N[C@@H](Cc2ccc(O)cc2)C(=O)N[C@@H](CCCCN)C(=O)N[C@@H](CC(C)C)C(=O)N3)cc1. The number of nitrogens with two attached hydrogens (primary N) is 2. The van der Waals surface area contributed by atoms with Crippen molar-refractivity contribution >= 4 is 126 Å². The fraction of sp³-hybridized carbons (Fsp3) is 0.540. The van der Waals surface area contributed by atoms with E-state index < -0.39 is 162 Å². The lowest BCUT2D eigenvalue weighted by molar-refractivity contribution is -0.135. The smallest absolute Gasteiger partial charge is 0.244 e. The summed E-state index contributed by atoms with van der Waals surface area (Å²) >= 11 is 0. The van der Waals surface area contributed by atoms with Gasteiger partial charge in [-0.2, -0.15) is 0 Å². The van der Waals surface area contributed by atoms with Gasteiger partial charge >= 0.3 is 0 Å². The second-order valence-electron chi connectivity index (χ2n) is 24.7.